The van der Waals surface area contributed by atoms with Crippen LogP contribution in [0, 0.1) is 17.0 Å². The van der Waals surface area contributed by atoms with Gasteiger partial charge in [0.05, 0.1) is 27.6 Å². The van der Waals surface area contributed by atoms with Crippen molar-refractivity contribution in [3.05, 3.63) is 117 Å². The highest BCUT2D eigenvalue weighted by Crippen LogP contribution is 2.44. The number of aliphatic hydroxyl groups excluding tert-OH is 1. The van der Waals surface area contributed by atoms with Crippen molar-refractivity contribution in [1.29, 1.82) is 0 Å². The summed E-state index contributed by atoms with van der Waals surface area (Å²) >= 11 is 0.682. The van der Waals surface area contributed by atoms with Gasteiger partial charge in [0.2, 0.25) is 9.84 Å². The summed E-state index contributed by atoms with van der Waals surface area (Å²) in [5.74, 6) is -2.02. The van der Waals surface area contributed by atoms with Gasteiger partial charge >= 0.3 is 5.91 Å². The minimum atomic E-state index is -4.15. The molecule has 1 aliphatic rings. The maximum Gasteiger partial charge on any atom is 0.301 e. The largest absolute Gasteiger partial charge is 0.507 e. The van der Waals surface area contributed by atoms with Crippen molar-refractivity contribution >= 4 is 49.4 Å². The molecule has 0 aliphatic carbocycles. The van der Waals surface area contributed by atoms with Crippen LogP contribution in [0.5, 0.6) is 0 Å². The van der Waals surface area contributed by atoms with Crippen LogP contribution in [0.15, 0.2) is 93.7 Å². The summed E-state index contributed by atoms with van der Waals surface area (Å²) < 4.78 is 26.4. The number of benzene rings is 3. The molecule has 1 atom stereocenters. The average molecular weight is 604 g/mol. The number of aryl methyl sites for hydroxylation is 1. The van der Waals surface area contributed by atoms with Gasteiger partial charge in [0.1, 0.15) is 9.97 Å². The van der Waals surface area contributed by atoms with E-state index in [1.165, 1.54) is 0 Å². The van der Waals surface area contributed by atoms with Gasteiger partial charge in [0.25, 0.3) is 11.5 Å². The van der Waals surface area contributed by atoms with Crippen molar-refractivity contribution < 1.29 is 28.0 Å². The fourth-order valence-electron chi connectivity index (χ4n) is 4.62. The number of rotatable bonds is 7. The summed E-state index contributed by atoms with van der Waals surface area (Å²) in [4.78, 5) is 42.4. The van der Waals surface area contributed by atoms with E-state index in [9.17, 15) is 33.2 Å². The van der Waals surface area contributed by atoms with E-state index in [-0.39, 0.29) is 37.2 Å². The lowest BCUT2D eigenvalue weighted by Crippen LogP contribution is -2.29. The van der Waals surface area contributed by atoms with Crippen molar-refractivity contribution in [3.63, 3.8) is 0 Å². The van der Waals surface area contributed by atoms with Gasteiger partial charge < -0.3 is 5.11 Å². The molecule has 5 rings (SSSR count). The fraction of sp³-hybridized carbons (Fsp3) is 0.167. The van der Waals surface area contributed by atoms with Crippen molar-refractivity contribution in [1.82, 2.24) is 4.98 Å². The van der Waals surface area contributed by atoms with Gasteiger partial charge in [-0.15, -0.1) is 0 Å². The summed E-state index contributed by atoms with van der Waals surface area (Å²) in [7, 11) is -4.15. The molecule has 4 aromatic rings. The third-order valence-corrected chi connectivity index (χ3v) is 10.2. The van der Waals surface area contributed by atoms with Crippen LogP contribution in [-0.2, 0) is 19.4 Å². The van der Waals surface area contributed by atoms with Gasteiger partial charge in [0.15, 0.2) is 5.13 Å². The lowest BCUT2D eigenvalue weighted by atomic mass is 9.93. The van der Waals surface area contributed by atoms with E-state index in [0.29, 0.717) is 22.5 Å². The van der Waals surface area contributed by atoms with Gasteiger partial charge in [0, 0.05) is 17.7 Å². The minimum absolute atomic E-state index is 0.0570. The molecule has 10 nitrogen and oxygen atoms in total. The molecule has 3 aromatic carbocycles. The number of amides is 1. The third kappa shape index (κ3) is 5.10. The lowest BCUT2D eigenvalue weighted by molar-refractivity contribution is -0.384. The molecular formula is C30H25N3O7S2. The summed E-state index contributed by atoms with van der Waals surface area (Å²) in [6.07, 6.45) is 1.08. The highest BCUT2D eigenvalue weighted by atomic mass is 32.2. The molecule has 1 aromatic heterocycles. The van der Waals surface area contributed by atoms with Gasteiger partial charge in [-0.1, -0.05) is 79.3 Å². The Balaban J connectivity index is 1.62. The van der Waals surface area contributed by atoms with Crippen molar-refractivity contribution in [2.24, 2.45) is 0 Å². The first-order chi connectivity index (χ1) is 19.9. The molecule has 2 heterocycles. The second kappa shape index (κ2) is 11.0. The monoisotopic (exact) mass is 603 g/mol. The van der Waals surface area contributed by atoms with Crippen LogP contribution in [0.2, 0.25) is 0 Å². The Morgan fingerprint density at radius 1 is 1.00 bits per heavy atom. The highest BCUT2D eigenvalue weighted by Gasteiger charge is 2.48. The Labute approximate surface area is 245 Å². The maximum absolute atomic E-state index is 13.5. The number of nitrogens with zero attached hydrogens (tertiary/aromatic N) is 3. The molecule has 12 heteroatoms. The number of nitro benzene ring substituents is 1. The third-order valence-electron chi connectivity index (χ3n) is 6.99. The number of anilines is 1. The molecule has 1 amide bonds. The number of sulfone groups is 1. The van der Waals surface area contributed by atoms with Gasteiger partial charge in [-0.2, -0.15) is 0 Å². The SMILES string of the molecule is Cc1ccc(C(O)=C2C(=O)C(=O)N(c3ncc(S(=O)(=O)c4ccc([N+](=O)[O-])cc4)s3)[C@H]2c2ccc(C(C)C)cc2)cc1. The summed E-state index contributed by atoms with van der Waals surface area (Å²) in [6, 6.07) is 17.5. The predicted octanol–water partition coefficient (Wildman–Crippen LogP) is 5.94. The lowest BCUT2D eigenvalue weighted by Gasteiger charge is -2.23. The Bertz CT molecular complexity index is 1840. The second-order valence-electron chi connectivity index (χ2n) is 10.1. The summed E-state index contributed by atoms with van der Waals surface area (Å²) in [5, 5.41) is 22.2. The smallest absolute Gasteiger partial charge is 0.301 e. The van der Waals surface area contributed by atoms with E-state index in [1.54, 1.807) is 36.4 Å². The Hall–Kier alpha value is -4.68. The number of Topliss-reactive ketones (excluding diaryl/α,β-unsaturated/α-hetero) is 1. The van der Waals surface area contributed by atoms with Crippen LogP contribution in [0.3, 0.4) is 0 Å². The molecule has 42 heavy (non-hydrogen) atoms. The molecule has 1 aliphatic heterocycles. The van der Waals surface area contributed by atoms with E-state index in [2.05, 4.69) is 4.98 Å². The van der Waals surface area contributed by atoms with Crippen molar-refractivity contribution in [2.75, 3.05) is 4.90 Å². The molecule has 0 saturated carbocycles. The van der Waals surface area contributed by atoms with Crippen LogP contribution < -0.4 is 4.90 Å². The average Bonchev–Trinajstić information content (AvgIpc) is 3.56. The van der Waals surface area contributed by atoms with E-state index in [1.807, 2.05) is 32.9 Å². The highest BCUT2D eigenvalue weighted by molar-refractivity contribution is 7.93. The minimum Gasteiger partial charge on any atom is -0.507 e. The summed E-state index contributed by atoms with van der Waals surface area (Å²) in [5.41, 5.74) is 2.44. The van der Waals surface area contributed by atoms with E-state index < -0.39 is 32.5 Å². The molecule has 1 N–H and O–H groups in total. The fourth-order valence-corrected chi connectivity index (χ4v) is 7.17. The second-order valence-corrected chi connectivity index (χ2v) is 13.3. The molecule has 1 fully saturated rings. The van der Waals surface area contributed by atoms with E-state index >= 15 is 0 Å². The number of ketones is 1. The van der Waals surface area contributed by atoms with Gasteiger partial charge in [-0.25, -0.2) is 13.4 Å². The van der Waals surface area contributed by atoms with Crippen LogP contribution in [0.1, 0.15) is 48.1 Å². The first-order valence-electron chi connectivity index (χ1n) is 12.8. The van der Waals surface area contributed by atoms with Crippen molar-refractivity contribution in [2.45, 2.75) is 41.8 Å². The zero-order valence-electron chi connectivity index (χ0n) is 22.7. The van der Waals surface area contributed by atoms with E-state index in [4.69, 9.17) is 0 Å². The molecule has 0 spiro atoms. The zero-order valence-corrected chi connectivity index (χ0v) is 24.3. The van der Waals surface area contributed by atoms with Crippen LogP contribution in [0.25, 0.3) is 5.76 Å². The quantitative estimate of drug-likeness (QED) is 0.0897. The first kappa shape index (κ1) is 28.8. The number of non-ortho nitro benzene ring substituents is 1. The number of nitro groups is 1. The molecular weight excluding hydrogens is 578 g/mol. The van der Waals surface area contributed by atoms with Crippen LogP contribution in [-0.4, -0.2) is 35.1 Å². The maximum atomic E-state index is 13.5. The Kier molecular flexibility index (Phi) is 7.52. The van der Waals surface area contributed by atoms with Gasteiger partial charge in [-0.05, 0) is 36.1 Å². The Morgan fingerprint density at radius 2 is 1.62 bits per heavy atom. The number of carbonyl (C=O) groups excluding carboxylic acids is 2. The molecule has 0 radical (unpaired) electrons. The standard InChI is InChI=1S/C30H25N3O7S2/c1-17(2)19-8-10-20(11-9-19)26-25(27(34)21-6-4-18(3)5-7-21)28(35)29(36)32(26)30-31-16-24(41-30)42(39,40)23-14-12-22(13-15-23)33(37)38/h4-17,26,34H,1-3H3/t26-/m0/s1. The topological polar surface area (TPSA) is 148 Å². The number of carbonyl (C=O) groups is 2. The first-order valence-corrected chi connectivity index (χ1v) is 15.1. The zero-order chi connectivity index (χ0) is 30.3. The predicted molar refractivity (Wildman–Crippen MR) is 157 cm³/mol. The number of aliphatic hydroxyl groups is 1. The van der Waals surface area contributed by atoms with Crippen LogP contribution in [0.4, 0.5) is 10.8 Å². The Morgan fingerprint density at radius 3 is 2.19 bits per heavy atom. The number of thiazole rings is 1. The van der Waals surface area contributed by atoms with Crippen molar-refractivity contribution in [3.8, 4) is 0 Å². The van der Waals surface area contributed by atoms with E-state index in [0.717, 1.165) is 46.5 Å². The normalized spacial score (nSPS) is 16.8. The van der Waals surface area contributed by atoms with Crippen LogP contribution >= 0.6 is 11.3 Å². The molecule has 214 valence electrons. The molecule has 1 saturated heterocycles. The number of hydrogen-bond acceptors (Lipinski definition) is 9. The number of hydrogen-bond donors (Lipinski definition) is 1. The van der Waals surface area contributed by atoms with Gasteiger partial charge in [-0.3, -0.25) is 24.6 Å². The number of aromatic nitrogens is 1. The molecule has 0 unspecified atom stereocenters. The molecule has 0 bridgehead atoms. The summed E-state index contributed by atoms with van der Waals surface area (Å²) in [6.45, 7) is 5.94.